The molecule has 8 heteroatoms. The van der Waals surface area contributed by atoms with Crippen LogP contribution in [0.5, 0.6) is 0 Å². The average molecular weight is 455 g/mol. The van der Waals surface area contributed by atoms with Crippen molar-refractivity contribution in [3.8, 4) is 11.5 Å². The first-order chi connectivity index (χ1) is 11.6. The number of anilines is 1. The van der Waals surface area contributed by atoms with Crippen LogP contribution >= 0.6 is 34.4 Å². The fourth-order valence-electron chi connectivity index (χ4n) is 1.83. The lowest BCUT2D eigenvalue weighted by Crippen LogP contribution is -2.13. The van der Waals surface area contributed by atoms with Gasteiger partial charge in [0.1, 0.15) is 5.82 Å². The smallest absolute Gasteiger partial charge is 0.277 e. The van der Waals surface area contributed by atoms with Crippen molar-refractivity contribution in [2.45, 2.75) is 5.22 Å². The van der Waals surface area contributed by atoms with Gasteiger partial charge in [-0.15, -0.1) is 10.2 Å². The van der Waals surface area contributed by atoms with Crippen LogP contribution in [0.1, 0.15) is 0 Å². The zero-order valence-electron chi connectivity index (χ0n) is 12.2. The number of aromatic nitrogens is 2. The Morgan fingerprint density at radius 2 is 1.83 bits per heavy atom. The van der Waals surface area contributed by atoms with Crippen molar-refractivity contribution in [1.29, 1.82) is 0 Å². The standard InChI is InChI=1S/C16H11FIN3O2S/c17-11-3-1-10(2-4-11)15-20-21-16(23-15)24-9-14(22)19-13-7-5-12(18)6-8-13/h1-8H,9H2,(H,19,22). The van der Waals surface area contributed by atoms with Crippen LogP contribution in [0.15, 0.2) is 58.2 Å². The quantitative estimate of drug-likeness (QED) is 0.461. The third kappa shape index (κ3) is 4.54. The molecule has 3 rings (SSSR count). The third-order valence-corrected chi connectivity index (χ3v) is 4.49. The minimum absolute atomic E-state index is 0.150. The van der Waals surface area contributed by atoms with Crippen LogP contribution < -0.4 is 5.32 Å². The van der Waals surface area contributed by atoms with Gasteiger partial charge in [0.25, 0.3) is 5.22 Å². The van der Waals surface area contributed by atoms with E-state index in [-0.39, 0.29) is 28.6 Å². The lowest BCUT2D eigenvalue weighted by Gasteiger charge is -2.03. The number of hydrogen-bond donors (Lipinski definition) is 1. The monoisotopic (exact) mass is 455 g/mol. The van der Waals surface area contributed by atoms with Gasteiger partial charge in [-0.1, -0.05) is 11.8 Å². The van der Waals surface area contributed by atoms with Gasteiger partial charge < -0.3 is 9.73 Å². The summed E-state index contributed by atoms with van der Waals surface area (Å²) < 4.78 is 19.5. The zero-order valence-corrected chi connectivity index (χ0v) is 15.2. The summed E-state index contributed by atoms with van der Waals surface area (Å²) in [7, 11) is 0. The lowest BCUT2D eigenvalue weighted by atomic mass is 10.2. The maximum Gasteiger partial charge on any atom is 0.277 e. The average Bonchev–Trinajstić information content (AvgIpc) is 3.05. The first-order valence-corrected chi connectivity index (χ1v) is 8.94. The Labute approximate surface area is 155 Å². The van der Waals surface area contributed by atoms with Crippen molar-refractivity contribution >= 4 is 45.9 Å². The van der Waals surface area contributed by atoms with Gasteiger partial charge in [0.05, 0.1) is 5.75 Å². The van der Waals surface area contributed by atoms with Crippen LogP contribution in [0.2, 0.25) is 0 Å². The van der Waals surface area contributed by atoms with E-state index in [1.807, 2.05) is 24.3 Å². The van der Waals surface area contributed by atoms with Gasteiger partial charge in [-0.3, -0.25) is 4.79 Å². The van der Waals surface area contributed by atoms with E-state index in [9.17, 15) is 9.18 Å². The number of rotatable bonds is 5. The number of halogens is 2. The van der Waals surface area contributed by atoms with Gasteiger partial charge in [0, 0.05) is 14.8 Å². The molecule has 24 heavy (non-hydrogen) atoms. The fourth-order valence-corrected chi connectivity index (χ4v) is 2.76. The molecule has 0 saturated heterocycles. The highest BCUT2D eigenvalue weighted by atomic mass is 127. The fraction of sp³-hybridized carbons (Fsp3) is 0.0625. The molecular weight excluding hydrogens is 444 g/mol. The summed E-state index contributed by atoms with van der Waals surface area (Å²) in [6, 6.07) is 13.3. The SMILES string of the molecule is O=C(CSc1nnc(-c2ccc(F)cc2)o1)Nc1ccc(I)cc1. The maximum absolute atomic E-state index is 12.9. The summed E-state index contributed by atoms with van der Waals surface area (Å²) in [5, 5.41) is 10.8. The maximum atomic E-state index is 12.9. The van der Waals surface area contributed by atoms with E-state index in [1.165, 1.54) is 12.1 Å². The Hall–Kier alpha value is -1.94. The van der Waals surface area contributed by atoms with Crippen molar-refractivity contribution in [3.63, 3.8) is 0 Å². The summed E-state index contributed by atoms with van der Waals surface area (Å²) >= 11 is 3.34. The molecule has 0 aliphatic heterocycles. The number of carbonyl (C=O) groups is 1. The molecular formula is C16H11FIN3O2S. The van der Waals surface area contributed by atoms with Crippen LogP contribution in [0.3, 0.4) is 0 Å². The summed E-state index contributed by atoms with van der Waals surface area (Å²) in [5.41, 5.74) is 1.36. The Morgan fingerprint density at radius 3 is 2.54 bits per heavy atom. The second-order valence-corrected chi connectivity index (χ2v) is 6.90. The first kappa shape index (κ1) is 16.9. The lowest BCUT2D eigenvalue weighted by molar-refractivity contribution is -0.113. The number of nitrogens with zero attached hydrogens (tertiary/aromatic N) is 2. The van der Waals surface area contributed by atoms with Crippen LogP contribution in [-0.2, 0) is 4.79 Å². The molecule has 0 unspecified atom stereocenters. The summed E-state index contributed by atoms with van der Waals surface area (Å²) in [4.78, 5) is 11.9. The molecule has 5 nitrogen and oxygen atoms in total. The first-order valence-electron chi connectivity index (χ1n) is 6.88. The summed E-state index contributed by atoms with van der Waals surface area (Å²) in [6.07, 6.45) is 0. The molecule has 0 bridgehead atoms. The van der Waals surface area contributed by atoms with Crippen molar-refractivity contribution in [3.05, 3.63) is 57.9 Å². The van der Waals surface area contributed by atoms with Crippen LogP contribution in [0, 0.1) is 9.39 Å². The van der Waals surface area contributed by atoms with Gasteiger partial charge in [-0.2, -0.15) is 0 Å². The molecule has 2 aromatic carbocycles. The van der Waals surface area contributed by atoms with E-state index in [0.717, 1.165) is 21.0 Å². The largest absolute Gasteiger partial charge is 0.411 e. The minimum Gasteiger partial charge on any atom is -0.411 e. The number of thioether (sulfide) groups is 1. The summed E-state index contributed by atoms with van der Waals surface area (Å²) in [6.45, 7) is 0. The molecule has 3 aromatic rings. The molecule has 1 N–H and O–H groups in total. The molecule has 0 fully saturated rings. The van der Waals surface area contributed by atoms with E-state index < -0.39 is 0 Å². The molecule has 0 saturated carbocycles. The second-order valence-electron chi connectivity index (χ2n) is 4.72. The number of benzene rings is 2. The molecule has 1 amide bonds. The molecule has 1 aromatic heterocycles. The number of nitrogens with one attached hydrogen (secondary N) is 1. The van der Waals surface area contributed by atoms with E-state index in [1.54, 1.807) is 12.1 Å². The van der Waals surface area contributed by atoms with Crippen LogP contribution in [0.25, 0.3) is 11.5 Å². The van der Waals surface area contributed by atoms with Gasteiger partial charge in [-0.25, -0.2) is 4.39 Å². The Balaban J connectivity index is 1.56. The Bertz CT molecular complexity index is 837. The normalized spacial score (nSPS) is 10.6. The van der Waals surface area contributed by atoms with Crippen molar-refractivity contribution in [1.82, 2.24) is 10.2 Å². The minimum atomic E-state index is -0.333. The highest BCUT2D eigenvalue weighted by Gasteiger charge is 2.11. The predicted octanol–water partition coefficient (Wildman–Crippen LogP) is 4.21. The van der Waals surface area contributed by atoms with E-state index in [2.05, 4.69) is 38.1 Å². The molecule has 0 atom stereocenters. The van der Waals surface area contributed by atoms with Crippen LogP contribution in [-0.4, -0.2) is 21.9 Å². The van der Waals surface area contributed by atoms with Crippen molar-refractivity contribution in [2.24, 2.45) is 0 Å². The van der Waals surface area contributed by atoms with Crippen molar-refractivity contribution in [2.75, 3.05) is 11.1 Å². The molecule has 122 valence electrons. The topological polar surface area (TPSA) is 68.0 Å². The Kier molecular flexibility index (Phi) is 5.46. The molecule has 1 heterocycles. The predicted molar refractivity (Wildman–Crippen MR) is 98.2 cm³/mol. The second kappa shape index (κ2) is 7.75. The summed E-state index contributed by atoms with van der Waals surface area (Å²) in [5.74, 6) is -0.0600. The van der Waals surface area contributed by atoms with Crippen LogP contribution in [0.4, 0.5) is 10.1 Å². The molecule has 0 aliphatic carbocycles. The van der Waals surface area contributed by atoms with Crippen molar-refractivity contribution < 1.29 is 13.6 Å². The third-order valence-electron chi connectivity index (χ3n) is 2.95. The number of hydrogen-bond acceptors (Lipinski definition) is 5. The van der Waals surface area contributed by atoms with Gasteiger partial charge in [0.15, 0.2) is 0 Å². The highest BCUT2D eigenvalue weighted by Crippen LogP contribution is 2.23. The molecule has 0 radical (unpaired) electrons. The zero-order chi connectivity index (χ0) is 16.9. The van der Waals surface area contributed by atoms with Gasteiger partial charge >= 0.3 is 0 Å². The molecule has 0 spiro atoms. The number of amides is 1. The van der Waals surface area contributed by atoms with E-state index >= 15 is 0 Å². The van der Waals surface area contributed by atoms with Gasteiger partial charge in [0.2, 0.25) is 11.8 Å². The number of carbonyl (C=O) groups excluding carboxylic acids is 1. The Morgan fingerprint density at radius 1 is 1.12 bits per heavy atom. The van der Waals surface area contributed by atoms with E-state index in [0.29, 0.717) is 5.56 Å². The van der Waals surface area contributed by atoms with Gasteiger partial charge in [-0.05, 0) is 71.1 Å². The molecule has 0 aliphatic rings. The van der Waals surface area contributed by atoms with E-state index in [4.69, 9.17) is 4.42 Å². The highest BCUT2D eigenvalue weighted by molar-refractivity contribution is 14.1.